The number of carbonyl (C=O) groups is 1. The van der Waals surface area contributed by atoms with E-state index in [1.54, 1.807) is 25.3 Å². The number of rotatable bonds is 4. The number of aromatic nitrogens is 6. The van der Waals surface area contributed by atoms with Gasteiger partial charge in [-0.2, -0.15) is 0 Å². The molecular formula is C21H24N8O2. The highest BCUT2D eigenvalue weighted by Crippen LogP contribution is 2.43. The SMILES string of the molecule is COC1(C2CCCC2)Nc2nc(-c3ccc(-c4nnc[nH]4)nc3C)cnc2N(C)C1=O. The second-order valence-corrected chi connectivity index (χ2v) is 8.00. The number of carbonyl (C=O) groups excluding carboxylic acids is 1. The van der Waals surface area contributed by atoms with Gasteiger partial charge in [0, 0.05) is 31.3 Å². The third kappa shape index (κ3) is 3.05. The summed E-state index contributed by atoms with van der Waals surface area (Å²) in [6.07, 6.45) is 7.25. The molecule has 1 unspecified atom stereocenters. The molecule has 0 radical (unpaired) electrons. The summed E-state index contributed by atoms with van der Waals surface area (Å²) in [5.74, 6) is 1.59. The molecule has 3 aromatic rings. The lowest BCUT2D eigenvalue weighted by Crippen LogP contribution is -2.61. The van der Waals surface area contributed by atoms with E-state index in [1.165, 1.54) is 6.33 Å². The number of methoxy groups -OCH3 is 1. The van der Waals surface area contributed by atoms with Gasteiger partial charge in [0.2, 0.25) is 5.72 Å². The third-order valence-corrected chi connectivity index (χ3v) is 6.27. The number of pyridine rings is 1. The summed E-state index contributed by atoms with van der Waals surface area (Å²) in [7, 11) is 3.30. The molecule has 1 saturated carbocycles. The molecule has 31 heavy (non-hydrogen) atoms. The molecule has 1 aliphatic carbocycles. The molecule has 10 heteroatoms. The minimum atomic E-state index is -1.12. The van der Waals surface area contributed by atoms with E-state index in [2.05, 4.69) is 30.5 Å². The van der Waals surface area contributed by atoms with Gasteiger partial charge in [-0.25, -0.2) is 15.0 Å². The van der Waals surface area contributed by atoms with Crippen LogP contribution in [0.15, 0.2) is 24.7 Å². The summed E-state index contributed by atoms with van der Waals surface area (Å²) < 4.78 is 5.83. The third-order valence-electron chi connectivity index (χ3n) is 6.27. The van der Waals surface area contributed by atoms with Crippen LogP contribution >= 0.6 is 0 Å². The molecule has 160 valence electrons. The van der Waals surface area contributed by atoms with Crippen LogP contribution in [0.2, 0.25) is 0 Å². The van der Waals surface area contributed by atoms with E-state index in [0.29, 0.717) is 28.8 Å². The maximum absolute atomic E-state index is 13.2. The molecule has 3 aromatic heterocycles. The van der Waals surface area contributed by atoms with Gasteiger partial charge in [-0.3, -0.25) is 9.69 Å². The van der Waals surface area contributed by atoms with Crippen LogP contribution < -0.4 is 10.2 Å². The molecular weight excluding hydrogens is 396 g/mol. The summed E-state index contributed by atoms with van der Waals surface area (Å²) in [6, 6.07) is 3.81. The van der Waals surface area contributed by atoms with E-state index in [9.17, 15) is 4.79 Å². The number of ether oxygens (including phenoxy) is 1. The van der Waals surface area contributed by atoms with Gasteiger partial charge in [-0.15, -0.1) is 10.2 Å². The fourth-order valence-electron chi connectivity index (χ4n) is 4.62. The lowest BCUT2D eigenvalue weighted by Gasteiger charge is -2.43. The van der Waals surface area contributed by atoms with E-state index in [0.717, 1.165) is 36.9 Å². The molecule has 2 aliphatic rings. The largest absolute Gasteiger partial charge is 0.350 e. The number of nitrogens with zero attached hydrogens (tertiary/aromatic N) is 6. The highest BCUT2D eigenvalue weighted by molar-refractivity contribution is 6.05. The van der Waals surface area contributed by atoms with Gasteiger partial charge in [0.25, 0.3) is 5.91 Å². The van der Waals surface area contributed by atoms with Crippen molar-refractivity contribution in [3.05, 3.63) is 30.4 Å². The van der Waals surface area contributed by atoms with E-state index in [1.807, 2.05) is 19.1 Å². The summed E-state index contributed by atoms with van der Waals surface area (Å²) >= 11 is 0. The van der Waals surface area contributed by atoms with Crippen LogP contribution in [0.25, 0.3) is 22.8 Å². The Labute approximate surface area is 179 Å². The summed E-state index contributed by atoms with van der Waals surface area (Å²) in [4.78, 5) is 31.7. The zero-order chi connectivity index (χ0) is 21.6. The quantitative estimate of drug-likeness (QED) is 0.660. The van der Waals surface area contributed by atoms with Crippen LogP contribution in [0.4, 0.5) is 11.6 Å². The van der Waals surface area contributed by atoms with Crippen LogP contribution in [-0.2, 0) is 9.53 Å². The number of amides is 1. The van der Waals surface area contributed by atoms with Crippen molar-refractivity contribution in [2.45, 2.75) is 38.3 Å². The van der Waals surface area contributed by atoms with E-state index in [-0.39, 0.29) is 11.8 Å². The van der Waals surface area contributed by atoms with Crippen molar-refractivity contribution in [1.82, 2.24) is 30.1 Å². The Balaban J connectivity index is 1.54. The molecule has 1 amide bonds. The van der Waals surface area contributed by atoms with Crippen LogP contribution in [0.5, 0.6) is 0 Å². The van der Waals surface area contributed by atoms with E-state index >= 15 is 0 Å². The average molecular weight is 420 g/mol. The van der Waals surface area contributed by atoms with Gasteiger partial charge in [-0.05, 0) is 31.9 Å². The topological polar surface area (TPSA) is 122 Å². The second kappa shape index (κ2) is 7.38. The Morgan fingerprint density at radius 2 is 2.00 bits per heavy atom. The first-order valence-electron chi connectivity index (χ1n) is 10.4. The van der Waals surface area contributed by atoms with Crippen LogP contribution in [0.3, 0.4) is 0 Å². The molecule has 1 atom stereocenters. The van der Waals surface area contributed by atoms with Gasteiger partial charge in [-0.1, -0.05) is 12.8 Å². The lowest BCUT2D eigenvalue weighted by molar-refractivity contribution is -0.143. The lowest BCUT2D eigenvalue weighted by atomic mass is 9.91. The predicted molar refractivity (Wildman–Crippen MR) is 114 cm³/mol. The van der Waals surface area contributed by atoms with Crippen molar-refractivity contribution in [2.75, 3.05) is 24.4 Å². The predicted octanol–water partition coefficient (Wildman–Crippen LogP) is 2.55. The van der Waals surface area contributed by atoms with Crippen molar-refractivity contribution in [2.24, 2.45) is 5.92 Å². The van der Waals surface area contributed by atoms with E-state index in [4.69, 9.17) is 9.72 Å². The molecule has 1 aliphatic heterocycles. The van der Waals surface area contributed by atoms with Crippen molar-refractivity contribution >= 4 is 17.5 Å². The highest BCUT2D eigenvalue weighted by atomic mass is 16.5. The molecule has 0 bridgehead atoms. The monoisotopic (exact) mass is 420 g/mol. The summed E-state index contributed by atoms with van der Waals surface area (Å²) in [6.45, 7) is 1.91. The molecule has 1 fully saturated rings. The first-order chi connectivity index (χ1) is 15.0. The smallest absolute Gasteiger partial charge is 0.281 e. The number of aryl methyl sites for hydroxylation is 1. The van der Waals surface area contributed by atoms with Crippen molar-refractivity contribution in [1.29, 1.82) is 0 Å². The molecule has 4 heterocycles. The van der Waals surface area contributed by atoms with Crippen molar-refractivity contribution < 1.29 is 9.53 Å². The fraction of sp³-hybridized carbons (Fsp3) is 0.429. The number of fused-ring (bicyclic) bond motifs is 1. The maximum Gasteiger partial charge on any atom is 0.281 e. The standard InChI is InChI=1S/C21H24N8O2/c1-12-14(8-9-15(25-12)17-23-11-24-28-17)16-10-22-19-18(26-16)27-21(31-3,20(30)29(19)2)13-6-4-5-7-13/h8-11,13H,4-7H2,1-3H3,(H,26,27)(H,23,24,28). The van der Waals surface area contributed by atoms with Gasteiger partial charge >= 0.3 is 0 Å². The molecule has 5 rings (SSSR count). The van der Waals surface area contributed by atoms with Crippen molar-refractivity contribution in [3.8, 4) is 22.8 Å². The van der Waals surface area contributed by atoms with E-state index < -0.39 is 5.72 Å². The number of H-pyrrole nitrogens is 1. The average Bonchev–Trinajstić information content (AvgIpc) is 3.51. The molecule has 0 spiro atoms. The summed E-state index contributed by atoms with van der Waals surface area (Å²) in [5, 5.41) is 11.1. The maximum atomic E-state index is 13.2. The van der Waals surface area contributed by atoms with Crippen molar-refractivity contribution in [3.63, 3.8) is 0 Å². The van der Waals surface area contributed by atoms with Gasteiger partial charge < -0.3 is 15.0 Å². The minimum absolute atomic E-state index is 0.0932. The van der Waals surface area contributed by atoms with Crippen LogP contribution in [0.1, 0.15) is 31.4 Å². The molecule has 0 saturated heterocycles. The number of aromatic amines is 1. The van der Waals surface area contributed by atoms with Gasteiger partial charge in [0.15, 0.2) is 17.5 Å². The Morgan fingerprint density at radius 3 is 2.68 bits per heavy atom. The molecule has 10 nitrogen and oxygen atoms in total. The van der Waals surface area contributed by atoms with Crippen LogP contribution in [-0.4, -0.2) is 55.9 Å². The number of hydrogen-bond acceptors (Lipinski definition) is 8. The van der Waals surface area contributed by atoms with Gasteiger partial charge in [0.1, 0.15) is 12.0 Å². The number of nitrogens with one attached hydrogen (secondary N) is 2. The van der Waals surface area contributed by atoms with Crippen LogP contribution in [0, 0.1) is 12.8 Å². The fourth-order valence-corrected chi connectivity index (χ4v) is 4.62. The second-order valence-electron chi connectivity index (χ2n) is 8.00. The zero-order valence-electron chi connectivity index (χ0n) is 17.7. The number of anilines is 2. The Morgan fingerprint density at radius 1 is 1.19 bits per heavy atom. The first-order valence-corrected chi connectivity index (χ1v) is 10.4. The Hall–Kier alpha value is -3.40. The number of likely N-dealkylation sites (N-methyl/N-ethyl adjacent to an activating group) is 1. The zero-order valence-corrected chi connectivity index (χ0v) is 17.7. The highest BCUT2D eigenvalue weighted by Gasteiger charge is 2.52. The minimum Gasteiger partial charge on any atom is -0.350 e. The Kier molecular flexibility index (Phi) is 4.66. The molecule has 0 aromatic carbocycles. The number of hydrogen-bond donors (Lipinski definition) is 2. The van der Waals surface area contributed by atoms with Gasteiger partial charge in [0.05, 0.1) is 11.9 Å². The summed E-state index contributed by atoms with van der Waals surface area (Å²) in [5.41, 5.74) is 1.89. The first kappa shape index (κ1) is 19.6. The molecule has 2 N–H and O–H groups in total. The normalized spacial score (nSPS) is 21.3. The Bertz CT molecular complexity index is 1130.